The second-order valence-electron chi connectivity index (χ2n) is 11.8. The highest BCUT2D eigenvalue weighted by atomic mass is 16.3. The van der Waals surface area contributed by atoms with E-state index in [0.717, 1.165) is 60.2 Å². The van der Waals surface area contributed by atoms with Crippen molar-refractivity contribution in [3.05, 3.63) is 23.8 Å². The van der Waals surface area contributed by atoms with Gasteiger partial charge in [-0.1, -0.05) is 58.4 Å². The van der Waals surface area contributed by atoms with Crippen LogP contribution in [0.25, 0.3) is 0 Å². The molecule has 4 aliphatic rings. The zero-order valence-electron chi connectivity index (χ0n) is 19.7. The summed E-state index contributed by atoms with van der Waals surface area (Å²) in [6, 6.07) is 0. The van der Waals surface area contributed by atoms with Gasteiger partial charge < -0.3 is 5.11 Å². The summed E-state index contributed by atoms with van der Waals surface area (Å²) >= 11 is 0. The predicted molar refractivity (Wildman–Crippen MR) is 124 cm³/mol. The van der Waals surface area contributed by atoms with Crippen molar-refractivity contribution in [1.29, 1.82) is 0 Å². The second-order valence-corrected chi connectivity index (χ2v) is 11.8. The van der Waals surface area contributed by atoms with Gasteiger partial charge in [0.05, 0.1) is 6.10 Å². The van der Waals surface area contributed by atoms with Crippen LogP contribution in [-0.2, 0) is 0 Å². The summed E-state index contributed by atoms with van der Waals surface area (Å²) in [7, 11) is 0. The minimum absolute atomic E-state index is 0.0801. The van der Waals surface area contributed by atoms with Crippen molar-refractivity contribution in [1.82, 2.24) is 0 Å². The molecule has 3 fully saturated rings. The summed E-state index contributed by atoms with van der Waals surface area (Å²) in [5.41, 5.74) is 2.00. The molecule has 4 rings (SSSR count). The molecule has 3 saturated carbocycles. The zero-order valence-corrected chi connectivity index (χ0v) is 19.7. The maximum Gasteiger partial charge on any atom is 0.0577 e. The van der Waals surface area contributed by atoms with E-state index < -0.39 is 0 Å². The van der Waals surface area contributed by atoms with Crippen LogP contribution in [-0.4, -0.2) is 11.2 Å². The lowest BCUT2D eigenvalue weighted by Gasteiger charge is -2.55. The summed E-state index contributed by atoms with van der Waals surface area (Å²) in [6.07, 6.45) is 19.2. The van der Waals surface area contributed by atoms with Gasteiger partial charge in [-0.05, 0) is 111 Å². The molecular formula is C28H46O. The molecule has 1 nitrogen and oxygen atoms in total. The Morgan fingerprint density at radius 2 is 1.79 bits per heavy atom. The number of hydrogen-bond acceptors (Lipinski definition) is 1. The van der Waals surface area contributed by atoms with Gasteiger partial charge in [0, 0.05) is 0 Å². The lowest BCUT2D eigenvalue weighted by Crippen LogP contribution is -2.47. The maximum absolute atomic E-state index is 10.2. The average Bonchev–Trinajstić information content (AvgIpc) is 3.13. The van der Waals surface area contributed by atoms with E-state index in [1.54, 1.807) is 5.57 Å². The van der Waals surface area contributed by atoms with Crippen LogP contribution in [0, 0.1) is 52.8 Å². The fourth-order valence-electron chi connectivity index (χ4n) is 8.28. The van der Waals surface area contributed by atoms with Crippen LogP contribution < -0.4 is 0 Å². The van der Waals surface area contributed by atoms with Gasteiger partial charge in [0.1, 0.15) is 0 Å². The van der Waals surface area contributed by atoms with E-state index in [0.29, 0.717) is 5.41 Å². The summed E-state index contributed by atoms with van der Waals surface area (Å²) in [5.74, 6) is 6.87. The van der Waals surface area contributed by atoms with Crippen molar-refractivity contribution in [3.63, 3.8) is 0 Å². The van der Waals surface area contributed by atoms with Gasteiger partial charge in [-0.15, -0.1) is 0 Å². The van der Waals surface area contributed by atoms with Gasteiger partial charge in [0.25, 0.3) is 0 Å². The van der Waals surface area contributed by atoms with Crippen LogP contribution in [0.15, 0.2) is 23.8 Å². The normalized spacial score (nSPS) is 44.2. The predicted octanol–water partition coefficient (Wildman–Crippen LogP) is 7.41. The summed E-state index contributed by atoms with van der Waals surface area (Å²) in [4.78, 5) is 0. The topological polar surface area (TPSA) is 20.2 Å². The van der Waals surface area contributed by atoms with E-state index in [1.165, 1.54) is 44.9 Å². The van der Waals surface area contributed by atoms with Gasteiger partial charge >= 0.3 is 0 Å². The molecule has 0 aromatic carbocycles. The number of hydrogen-bond donors (Lipinski definition) is 1. The Balaban J connectivity index is 1.46. The van der Waals surface area contributed by atoms with Crippen molar-refractivity contribution in [3.8, 4) is 0 Å². The standard InChI is InChI=1S/C28H46O/c1-6-20(18(2)3)8-7-19(4)23-11-12-25-24(23)13-14-27-26(25)10-9-21-17-22(29)15-16-28(21,27)5/h7-9,18-20,22-27,29H,6,10-17H2,1-5H3. The monoisotopic (exact) mass is 398 g/mol. The quantitative estimate of drug-likeness (QED) is 0.478. The van der Waals surface area contributed by atoms with Crippen molar-refractivity contribution >= 4 is 0 Å². The molecule has 0 saturated heterocycles. The highest BCUT2D eigenvalue weighted by Crippen LogP contribution is 2.62. The lowest BCUT2D eigenvalue weighted by atomic mass is 9.50. The molecule has 164 valence electrons. The van der Waals surface area contributed by atoms with E-state index in [2.05, 4.69) is 52.8 Å². The Bertz CT molecular complexity index is 630. The lowest BCUT2D eigenvalue weighted by molar-refractivity contribution is -0.0135. The first-order chi connectivity index (χ1) is 13.8. The molecule has 1 heteroatoms. The van der Waals surface area contributed by atoms with Crippen molar-refractivity contribution < 1.29 is 5.11 Å². The molecule has 0 amide bonds. The molecule has 0 spiro atoms. The molecule has 0 aromatic heterocycles. The first kappa shape index (κ1) is 21.7. The first-order valence-electron chi connectivity index (χ1n) is 12.9. The van der Waals surface area contributed by atoms with Gasteiger partial charge in [0.15, 0.2) is 0 Å². The Kier molecular flexibility index (Phi) is 6.37. The van der Waals surface area contributed by atoms with Crippen LogP contribution in [0.2, 0.25) is 0 Å². The highest BCUT2D eigenvalue weighted by Gasteiger charge is 2.54. The van der Waals surface area contributed by atoms with E-state index in [1.807, 2.05) is 0 Å². The SMILES string of the molecule is CCC(C=CC(C)C1CCC2C1CCC1C2CC=C2CC(O)CCC21C)C(C)C. The molecule has 0 heterocycles. The van der Waals surface area contributed by atoms with Gasteiger partial charge in [-0.2, -0.15) is 0 Å². The molecule has 0 aromatic rings. The number of aliphatic hydroxyl groups is 1. The molecular weight excluding hydrogens is 352 g/mol. The molecule has 9 unspecified atom stereocenters. The zero-order chi connectivity index (χ0) is 20.8. The van der Waals surface area contributed by atoms with Gasteiger partial charge in [-0.25, -0.2) is 0 Å². The maximum atomic E-state index is 10.2. The third kappa shape index (κ3) is 3.90. The molecule has 0 aliphatic heterocycles. The van der Waals surface area contributed by atoms with E-state index in [4.69, 9.17) is 0 Å². The third-order valence-corrected chi connectivity index (χ3v) is 10.1. The van der Waals surface area contributed by atoms with E-state index >= 15 is 0 Å². The van der Waals surface area contributed by atoms with Gasteiger partial charge in [-0.3, -0.25) is 0 Å². The molecule has 29 heavy (non-hydrogen) atoms. The van der Waals surface area contributed by atoms with E-state index in [-0.39, 0.29) is 6.10 Å². The van der Waals surface area contributed by atoms with E-state index in [9.17, 15) is 5.11 Å². The fourth-order valence-corrected chi connectivity index (χ4v) is 8.28. The summed E-state index contributed by atoms with van der Waals surface area (Å²) < 4.78 is 0. The molecule has 0 bridgehead atoms. The Labute approximate surface area is 180 Å². The van der Waals surface area contributed by atoms with Crippen LogP contribution in [0.1, 0.15) is 92.4 Å². The fraction of sp³-hybridized carbons (Fsp3) is 0.857. The number of allylic oxidation sites excluding steroid dienone is 3. The molecule has 9 atom stereocenters. The molecule has 4 aliphatic carbocycles. The minimum atomic E-state index is -0.0801. The minimum Gasteiger partial charge on any atom is -0.393 e. The highest BCUT2D eigenvalue weighted by molar-refractivity contribution is 5.24. The van der Waals surface area contributed by atoms with Gasteiger partial charge in [0.2, 0.25) is 0 Å². The smallest absolute Gasteiger partial charge is 0.0577 e. The number of aliphatic hydroxyl groups excluding tert-OH is 1. The van der Waals surface area contributed by atoms with Crippen LogP contribution in [0.4, 0.5) is 0 Å². The summed E-state index contributed by atoms with van der Waals surface area (Å²) in [5, 5.41) is 10.2. The first-order valence-corrected chi connectivity index (χ1v) is 12.9. The number of rotatable bonds is 5. The van der Waals surface area contributed by atoms with Crippen molar-refractivity contribution in [2.24, 2.45) is 52.8 Å². The second kappa shape index (κ2) is 8.52. The average molecular weight is 399 g/mol. The van der Waals surface area contributed by atoms with Crippen LogP contribution >= 0.6 is 0 Å². The van der Waals surface area contributed by atoms with Crippen molar-refractivity contribution in [2.45, 2.75) is 98.5 Å². The largest absolute Gasteiger partial charge is 0.393 e. The Hall–Kier alpha value is -0.560. The molecule has 1 N–H and O–H groups in total. The van der Waals surface area contributed by atoms with Crippen LogP contribution in [0.3, 0.4) is 0 Å². The third-order valence-electron chi connectivity index (χ3n) is 10.1. The Morgan fingerprint density at radius 1 is 1.03 bits per heavy atom. The van der Waals surface area contributed by atoms with Crippen LogP contribution in [0.5, 0.6) is 0 Å². The summed E-state index contributed by atoms with van der Waals surface area (Å²) in [6.45, 7) is 12.1. The van der Waals surface area contributed by atoms with Crippen molar-refractivity contribution in [2.75, 3.05) is 0 Å². The number of fused-ring (bicyclic) bond motifs is 5. The molecule has 0 radical (unpaired) electrons. The Morgan fingerprint density at radius 3 is 2.52 bits per heavy atom.